The second-order valence-electron chi connectivity index (χ2n) is 7.59. The van der Waals surface area contributed by atoms with Crippen molar-refractivity contribution in [2.45, 2.75) is 19.4 Å². The molecule has 3 aromatic rings. The van der Waals surface area contributed by atoms with Crippen molar-refractivity contribution < 1.29 is 17.6 Å². The van der Waals surface area contributed by atoms with Crippen LogP contribution in [0.15, 0.2) is 72.8 Å². The lowest BCUT2D eigenvalue weighted by Gasteiger charge is -2.23. The summed E-state index contributed by atoms with van der Waals surface area (Å²) in [6.07, 6.45) is 1.07. The highest BCUT2D eigenvalue weighted by atomic mass is 35.5. The van der Waals surface area contributed by atoms with E-state index in [9.17, 15) is 17.6 Å². The van der Waals surface area contributed by atoms with Crippen molar-refractivity contribution >= 4 is 33.2 Å². The molecule has 0 saturated heterocycles. The molecule has 0 aliphatic heterocycles. The first-order valence-electron chi connectivity index (χ1n) is 10.00. The zero-order valence-electron chi connectivity index (χ0n) is 17.8. The minimum absolute atomic E-state index is 0.0216. The monoisotopic (exact) mass is 474 g/mol. The Hall–Kier alpha value is -2.90. The van der Waals surface area contributed by atoms with Crippen LogP contribution in [0.5, 0.6) is 0 Å². The van der Waals surface area contributed by atoms with E-state index in [2.05, 4.69) is 5.32 Å². The fraction of sp³-hybridized carbons (Fsp3) is 0.208. The molecule has 1 unspecified atom stereocenters. The van der Waals surface area contributed by atoms with E-state index in [1.54, 1.807) is 24.3 Å². The molecule has 168 valence electrons. The van der Waals surface area contributed by atoms with Crippen LogP contribution in [0.2, 0.25) is 5.02 Å². The number of hydrogen-bond acceptors (Lipinski definition) is 3. The Balaban J connectivity index is 1.68. The summed E-state index contributed by atoms with van der Waals surface area (Å²) in [5.41, 5.74) is 2.55. The van der Waals surface area contributed by atoms with Gasteiger partial charge in [0.2, 0.25) is 10.0 Å². The Morgan fingerprint density at radius 3 is 2.31 bits per heavy atom. The van der Waals surface area contributed by atoms with Crippen molar-refractivity contribution in [2.75, 3.05) is 17.1 Å². The van der Waals surface area contributed by atoms with Gasteiger partial charge >= 0.3 is 0 Å². The molecular formula is C24H24ClFN2O3S. The molecule has 1 N–H and O–H groups in total. The van der Waals surface area contributed by atoms with E-state index in [0.717, 1.165) is 22.2 Å². The number of carbonyl (C=O) groups excluding carboxylic acids is 1. The standard InChI is InChI=1S/C24H24ClFN2O3S/c1-17(19-6-4-3-5-7-19)15-27-24(29)20-10-8-18(9-11-20)16-28(32(2,30)31)21-12-13-23(26)22(25)14-21/h3-14,17H,15-16H2,1-2H3,(H,27,29). The highest BCUT2D eigenvalue weighted by molar-refractivity contribution is 7.92. The molecule has 3 rings (SSSR count). The van der Waals surface area contributed by atoms with Gasteiger partial charge in [0, 0.05) is 12.1 Å². The van der Waals surface area contributed by atoms with E-state index >= 15 is 0 Å². The number of amides is 1. The van der Waals surface area contributed by atoms with E-state index < -0.39 is 15.8 Å². The first-order valence-corrected chi connectivity index (χ1v) is 12.2. The second kappa shape index (κ2) is 10.1. The summed E-state index contributed by atoms with van der Waals surface area (Å²) in [5, 5.41) is 2.76. The van der Waals surface area contributed by atoms with Gasteiger partial charge in [-0.15, -0.1) is 0 Å². The number of anilines is 1. The van der Waals surface area contributed by atoms with Crippen molar-refractivity contribution in [1.82, 2.24) is 5.32 Å². The van der Waals surface area contributed by atoms with Gasteiger partial charge in [-0.3, -0.25) is 9.10 Å². The second-order valence-corrected chi connectivity index (χ2v) is 9.90. The Morgan fingerprint density at radius 2 is 1.72 bits per heavy atom. The summed E-state index contributed by atoms with van der Waals surface area (Å²) in [6.45, 7) is 2.56. The molecule has 0 aliphatic rings. The van der Waals surface area contributed by atoms with Crippen molar-refractivity contribution in [1.29, 1.82) is 0 Å². The van der Waals surface area contributed by atoms with Crippen molar-refractivity contribution in [3.8, 4) is 0 Å². The fourth-order valence-corrected chi connectivity index (χ4v) is 4.27. The van der Waals surface area contributed by atoms with Gasteiger partial charge in [0.15, 0.2) is 0 Å². The van der Waals surface area contributed by atoms with Crippen LogP contribution in [0.3, 0.4) is 0 Å². The van der Waals surface area contributed by atoms with Crippen LogP contribution in [0.1, 0.15) is 34.3 Å². The number of hydrogen-bond donors (Lipinski definition) is 1. The summed E-state index contributed by atoms with van der Waals surface area (Å²) >= 11 is 5.82. The lowest BCUT2D eigenvalue weighted by atomic mass is 10.0. The Morgan fingerprint density at radius 1 is 1.06 bits per heavy atom. The topological polar surface area (TPSA) is 66.5 Å². The van der Waals surface area contributed by atoms with Gasteiger partial charge in [-0.1, -0.05) is 61.0 Å². The molecule has 5 nitrogen and oxygen atoms in total. The minimum Gasteiger partial charge on any atom is -0.351 e. The van der Waals surface area contributed by atoms with E-state index in [-0.39, 0.29) is 29.1 Å². The third-order valence-corrected chi connectivity index (χ3v) is 6.50. The molecule has 0 aromatic heterocycles. The number of sulfonamides is 1. The highest BCUT2D eigenvalue weighted by Gasteiger charge is 2.19. The zero-order chi connectivity index (χ0) is 23.3. The first kappa shape index (κ1) is 23.8. The van der Waals surface area contributed by atoms with Crippen LogP contribution < -0.4 is 9.62 Å². The van der Waals surface area contributed by atoms with Crippen LogP contribution in [0, 0.1) is 5.82 Å². The quantitative estimate of drug-likeness (QED) is 0.500. The lowest BCUT2D eigenvalue weighted by molar-refractivity contribution is 0.0951. The van der Waals surface area contributed by atoms with Gasteiger partial charge in [0.1, 0.15) is 5.82 Å². The Bertz CT molecular complexity index is 1190. The molecule has 0 fully saturated rings. The predicted molar refractivity (Wildman–Crippen MR) is 126 cm³/mol. The molecule has 32 heavy (non-hydrogen) atoms. The number of nitrogens with zero attached hydrogens (tertiary/aromatic N) is 1. The van der Waals surface area contributed by atoms with Gasteiger partial charge < -0.3 is 5.32 Å². The highest BCUT2D eigenvalue weighted by Crippen LogP contribution is 2.26. The molecule has 0 bridgehead atoms. The van der Waals surface area contributed by atoms with Gasteiger partial charge in [-0.2, -0.15) is 0 Å². The summed E-state index contributed by atoms with van der Waals surface area (Å²) in [6, 6.07) is 20.4. The molecule has 8 heteroatoms. The average molecular weight is 475 g/mol. The zero-order valence-corrected chi connectivity index (χ0v) is 19.3. The SMILES string of the molecule is CC(CNC(=O)c1ccc(CN(c2ccc(F)c(Cl)c2)S(C)(=O)=O)cc1)c1ccccc1. The molecule has 0 saturated carbocycles. The van der Waals surface area contributed by atoms with Crippen LogP contribution in [-0.4, -0.2) is 27.1 Å². The van der Waals surface area contributed by atoms with Gasteiger partial charge in [-0.25, -0.2) is 12.8 Å². The lowest BCUT2D eigenvalue weighted by Crippen LogP contribution is -2.29. The summed E-state index contributed by atoms with van der Waals surface area (Å²) in [5.74, 6) is -0.657. The molecule has 0 radical (unpaired) electrons. The molecule has 1 amide bonds. The third kappa shape index (κ3) is 6.08. The largest absolute Gasteiger partial charge is 0.351 e. The number of carbonyl (C=O) groups is 1. The van der Waals surface area contributed by atoms with Crippen molar-refractivity contribution in [3.63, 3.8) is 0 Å². The maximum atomic E-state index is 13.5. The summed E-state index contributed by atoms with van der Waals surface area (Å²) in [4.78, 5) is 12.5. The minimum atomic E-state index is -3.64. The number of rotatable bonds is 8. The molecular weight excluding hydrogens is 451 g/mol. The fourth-order valence-electron chi connectivity index (χ4n) is 3.21. The Labute approximate surface area is 192 Å². The number of benzene rings is 3. The summed E-state index contributed by atoms with van der Waals surface area (Å²) < 4.78 is 39.2. The normalized spacial score (nSPS) is 12.2. The van der Waals surface area contributed by atoms with E-state index in [0.29, 0.717) is 17.7 Å². The van der Waals surface area contributed by atoms with E-state index in [4.69, 9.17) is 11.6 Å². The Kier molecular flexibility index (Phi) is 7.53. The summed E-state index contributed by atoms with van der Waals surface area (Å²) in [7, 11) is -3.64. The molecule has 0 heterocycles. The smallest absolute Gasteiger partial charge is 0.251 e. The first-order chi connectivity index (χ1) is 15.1. The molecule has 1 atom stereocenters. The average Bonchev–Trinajstić information content (AvgIpc) is 2.78. The van der Waals surface area contributed by atoms with Gasteiger partial charge in [0.25, 0.3) is 5.91 Å². The van der Waals surface area contributed by atoms with Crippen LogP contribution in [0.4, 0.5) is 10.1 Å². The maximum absolute atomic E-state index is 13.5. The molecule has 0 spiro atoms. The van der Waals surface area contributed by atoms with E-state index in [1.165, 1.54) is 12.1 Å². The van der Waals surface area contributed by atoms with Gasteiger partial charge in [-0.05, 0) is 47.4 Å². The van der Waals surface area contributed by atoms with Crippen LogP contribution >= 0.6 is 11.6 Å². The predicted octanol–water partition coefficient (Wildman–Crippen LogP) is 4.98. The van der Waals surface area contributed by atoms with Crippen LogP contribution in [0.25, 0.3) is 0 Å². The van der Waals surface area contributed by atoms with Crippen molar-refractivity contribution in [3.05, 3.63) is 100 Å². The number of nitrogens with one attached hydrogen (secondary N) is 1. The van der Waals surface area contributed by atoms with Crippen LogP contribution in [-0.2, 0) is 16.6 Å². The molecule has 0 aliphatic carbocycles. The van der Waals surface area contributed by atoms with Crippen molar-refractivity contribution in [2.24, 2.45) is 0 Å². The maximum Gasteiger partial charge on any atom is 0.251 e. The van der Waals surface area contributed by atoms with Gasteiger partial charge in [0.05, 0.1) is 23.5 Å². The molecule has 3 aromatic carbocycles. The third-order valence-electron chi connectivity index (χ3n) is 5.07. The van der Waals surface area contributed by atoms with E-state index in [1.807, 2.05) is 37.3 Å². The number of halogens is 2.